The van der Waals surface area contributed by atoms with Crippen LogP contribution in [0.1, 0.15) is 6.42 Å². The second-order valence-electron chi connectivity index (χ2n) is 3.15. The van der Waals surface area contributed by atoms with Crippen LogP contribution >= 0.6 is 27.3 Å². The molecule has 1 aromatic rings. The summed E-state index contributed by atoms with van der Waals surface area (Å²) in [6.45, 7) is 2.20. The molecule has 0 spiro atoms. The molecule has 0 radical (unpaired) electrons. The Morgan fingerprint density at radius 2 is 2.36 bits per heavy atom. The minimum atomic E-state index is 0.164. The molecular formula is C9H11BrN2OS. The van der Waals surface area contributed by atoms with Gasteiger partial charge in [0.1, 0.15) is 0 Å². The molecule has 1 saturated heterocycles. The van der Waals surface area contributed by atoms with Crippen molar-refractivity contribution in [2.45, 2.75) is 6.42 Å². The minimum absolute atomic E-state index is 0.164. The van der Waals surface area contributed by atoms with Crippen molar-refractivity contribution in [3.63, 3.8) is 0 Å². The highest BCUT2D eigenvalue weighted by atomic mass is 79.9. The number of carbonyl (C=O) groups is 1. The number of amides is 1. The summed E-state index contributed by atoms with van der Waals surface area (Å²) in [5.41, 5.74) is 0. The largest absolute Gasteiger partial charge is 0.308 e. The number of rotatable bonds is 1. The zero-order valence-corrected chi connectivity index (χ0v) is 10.0. The van der Waals surface area contributed by atoms with E-state index in [1.807, 2.05) is 17.0 Å². The van der Waals surface area contributed by atoms with Gasteiger partial charge in [0.2, 0.25) is 5.91 Å². The van der Waals surface area contributed by atoms with Crippen molar-refractivity contribution in [1.29, 1.82) is 0 Å². The van der Waals surface area contributed by atoms with E-state index in [1.165, 1.54) is 0 Å². The molecular weight excluding hydrogens is 264 g/mol. The molecule has 76 valence electrons. The zero-order chi connectivity index (χ0) is 9.97. The number of carbonyl (C=O) groups excluding carboxylic acids is 1. The van der Waals surface area contributed by atoms with Crippen LogP contribution in [-0.4, -0.2) is 25.5 Å². The van der Waals surface area contributed by atoms with Gasteiger partial charge in [-0.15, -0.1) is 11.3 Å². The monoisotopic (exact) mass is 274 g/mol. The molecule has 14 heavy (non-hydrogen) atoms. The lowest BCUT2D eigenvalue weighted by molar-refractivity contribution is -0.117. The number of anilines is 1. The van der Waals surface area contributed by atoms with Crippen molar-refractivity contribution >= 4 is 38.2 Å². The summed E-state index contributed by atoms with van der Waals surface area (Å²) in [5, 5.41) is 4.14. The standard InChI is InChI=1S/C9H11BrN2OS/c10-7-2-3-9(14-7)12-5-1-4-11-6-8(12)13/h2-3,11H,1,4-6H2. The SMILES string of the molecule is O=C1CNCCCN1c1ccc(Br)s1. The topological polar surface area (TPSA) is 32.3 Å². The van der Waals surface area contributed by atoms with E-state index in [0.717, 1.165) is 28.3 Å². The molecule has 2 rings (SSSR count). The lowest BCUT2D eigenvalue weighted by atomic mass is 10.4. The number of thiophene rings is 1. The maximum atomic E-state index is 11.7. The van der Waals surface area contributed by atoms with Crippen LogP contribution < -0.4 is 10.2 Å². The lowest BCUT2D eigenvalue weighted by Crippen LogP contribution is -2.34. The third kappa shape index (κ3) is 2.16. The van der Waals surface area contributed by atoms with Crippen LogP contribution in [-0.2, 0) is 4.79 Å². The van der Waals surface area contributed by atoms with E-state index in [0.29, 0.717) is 6.54 Å². The Labute approximate surface area is 95.2 Å². The third-order valence-electron chi connectivity index (χ3n) is 2.14. The van der Waals surface area contributed by atoms with Gasteiger partial charge >= 0.3 is 0 Å². The average Bonchev–Trinajstić information content (AvgIpc) is 2.46. The van der Waals surface area contributed by atoms with E-state index in [9.17, 15) is 4.79 Å². The maximum Gasteiger partial charge on any atom is 0.241 e. The van der Waals surface area contributed by atoms with Crippen molar-refractivity contribution in [1.82, 2.24) is 5.32 Å². The van der Waals surface area contributed by atoms with Crippen molar-refractivity contribution in [2.75, 3.05) is 24.5 Å². The minimum Gasteiger partial charge on any atom is -0.308 e. The first-order valence-corrected chi connectivity index (χ1v) is 6.15. The molecule has 0 aromatic carbocycles. The summed E-state index contributed by atoms with van der Waals surface area (Å²) >= 11 is 5.00. The fourth-order valence-electron chi connectivity index (χ4n) is 1.46. The molecule has 1 amide bonds. The van der Waals surface area contributed by atoms with Crippen LogP contribution in [0.5, 0.6) is 0 Å². The highest BCUT2D eigenvalue weighted by Crippen LogP contribution is 2.30. The summed E-state index contributed by atoms with van der Waals surface area (Å²) < 4.78 is 1.07. The Balaban J connectivity index is 2.18. The molecule has 1 aliphatic heterocycles. The van der Waals surface area contributed by atoms with Crippen LogP contribution in [0.25, 0.3) is 0 Å². The van der Waals surface area contributed by atoms with Gasteiger partial charge in [0.15, 0.2) is 0 Å². The van der Waals surface area contributed by atoms with Crippen LogP contribution in [0.2, 0.25) is 0 Å². The Kier molecular flexibility index (Phi) is 3.20. The zero-order valence-electron chi connectivity index (χ0n) is 7.62. The summed E-state index contributed by atoms with van der Waals surface area (Å²) in [6, 6.07) is 3.96. The second-order valence-corrected chi connectivity index (χ2v) is 5.59. The van der Waals surface area contributed by atoms with Crippen molar-refractivity contribution in [3.05, 3.63) is 15.9 Å². The van der Waals surface area contributed by atoms with E-state index in [4.69, 9.17) is 0 Å². The molecule has 1 fully saturated rings. The van der Waals surface area contributed by atoms with Gasteiger partial charge in [0, 0.05) is 6.54 Å². The number of nitrogens with one attached hydrogen (secondary N) is 1. The smallest absolute Gasteiger partial charge is 0.241 e. The Bertz CT molecular complexity index is 339. The predicted octanol–water partition coefficient (Wildman–Crippen LogP) is 1.84. The molecule has 0 atom stereocenters. The molecule has 0 bridgehead atoms. The fraction of sp³-hybridized carbons (Fsp3) is 0.444. The molecule has 1 N–H and O–H groups in total. The number of hydrogen-bond acceptors (Lipinski definition) is 3. The van der Waals surface area contributed by atoms with Crippen LogP contribution in [0.4, 0.5) is 5.00 Å². The van der Waals surface area contributed by atoms with Gasteiger partial charge < -0.3 is 10.2 Å². The second kappa shape index (κ2) is 4.42. The lowest BCUT2D eigenvalue weighted by Gasteiger charge is -2.17. The van der Waals surface area contributed by atoms with Gasteiger partial charge in [-0.3, -0.25) is 4.79 Å². The number of halogens is 1. The van der Waals surface area contributed by atoms with Crippen molar-refractivity contribution in [3.8, 4) is 0 Å². The van der Waals surface area contributed by atoms with Gasteiger partial charge in [-0.05, 0) is 41.0 Å². The predicted molar refractivity (Wildman–Crippen MR) is 61.9 cm³/mol. The summed E-state index contributed by atoms with van der Waals surface area (Å²) in [4.78, 5) is 13.5. The molecule has 5 heteroatoms. The molecule has 1 aliphatic rings. The Morgan fingerprint density at radius 3 is 3.07 bits per heavy atom. The van der Waals surface area contributed by atoms with Crippen LogP contribution in [0.15, 0.2) is 15.9 Å². The van der Waals surface area contributed by atoms with E-state index >= 15 is 0 Å². The first kappa shape index (κ1) is 10.1. The third-order valence-corrected chi connectivity index (χ3v) is 3.78. The first-order valence-electron chi connectivity index (χ1n) is 4.54. The highest BCUT2D eigenvalue weighted by Gasteiger charge is 2.18. The highest BCUT2D eigenvalue weighted by molar-refractivity contribution is 9.11. The summed E-state index contributed by atoms with van der Waals surface area (Å²) in [7, 11) is 0. The number of hydrogen-bond donors (Lipinski definition) is 1. The molecule has 0 saturated carbocycles. The van der Waals surface area contributed by atoms with Gasteiger partial charge in [0.05, 0.1) is 15.3 Å². The van der Waals surface area contributed by atoms with Gasteiger partial charge in [-0.1, -0.05) is 0 Å². The van der Waals surface area contributed by atoms with E-state index < -0.39 is 0 Å². The average molecular weight is 275 g/mol. The molecule has 0 aliphatic carbocycles. The number of nitrogens with zero attached hydrogens (tertiary/aromatic N) is 1. The molecule has 3 nitrogen and oxygen atoms in total. The van der Waals surface area contributed by atoms with Gasteiger partial charge in [-0.2, -0.15) is 0 Å². The molecule has 1 aromatic heterocycles. The summed E-state index contributed by atoms with van der Waals surface area (Å²) in [6.07, 6.45) is 1.02. The normalized spacial score (nSPS) is 18.4. The van der Waals surface area contributed by atoms with E-state index in [2.05, 4.69) is 21.2 Å². The first-order chi connectivity index (χ1) is 6.77. The van der Waals surface area contributed by atoms with Crippen LogP contribution in [0, 0.1) is 0 Å². The summed E-state index contributed by atoms with van der Waals surface area (Å²) in [5.74, 6) is 0.164. The van der Waals surface area contributed by atoms with E-state index in [-0.39, 0.29) is 5.91 Å². The molecule has 2 heterocycles. The van der Waals surface area contributed by atoms with Crippen molar-refractivity contribution < 1.29 is 4.79 Å². The quantitative estimate of drug-likeness (QED) is 0.848. The Morgan fingerprint density at radius 1 is 1.50 bits per heavy atom. The van der Waals surface area contributed by atoms with Gasteiger partial charge in [-0.25, -0.2) is 0 Å². The Hall–Kier alpha value is -0.390. The van der Waals surface area contributed by atoms with E-state index in [1.54, 1.807) is 11.3 Å². The van der Waals surface area contributed by atoms with Crippen molar-refractivity contribution in [2.24, 2.45) is 0 Å². The van der Waals surface area contributed by atoms with Gasteiger partial charge in [0.25, 0.3) is 0 Å². The fourth-order valence-corrected chi connectivity index (χ4v) is 2.87. The van der Waals surface area contributed by atoms with Crippen LogP contribution in [0.3, 0.4) is 0 Å². The molecule has 0 unspecified atom stereocenters. The maximum absolute atomic E-state index is 11.7.